The first-order valence-corrected chi connectivity index (χ1v) is 10.9. The van der Waals surface area contributed by atoms with Gasteiger partial charge in [-0.05, 0) is 30.9 Å². The van der Waals surface area contributed by atoms with Crippen LogP contribution in [0.5, 0.6) is 0 Å². The fraction of sp³-hybridized carbons (Fsp3) is 0.591. The predicted octanol–water partition coefficient (Wildman–Crippen LogP) is 1.69. The number of imidazole rings is 1. The molecule has 2 atom stereocenters. The molecule has 0 spiro atoms. The fourth-order valence-corrected chi connectivity index (χ4v) is 4.30. The number of hydrogen-bond acceptors (Lipinski definition) is 6. The van der Waals surface area contributed by atoms with Gasteiger partial charge in [-0.1, -0.05) is 12.5 Å². The summed E-state index contributed by atoms with van der Waals surface area (Å²) in [5.74, 6) is 2.53. The number of anilines is 1. The van der Waals surface area contributed by atoms with Crippen LogP contribution < -0.4 is 16.8 Å². The molecule has 0 radical (unpaired) electrons. The number of aliphatic imine (C=N–C) groups is 1. The quantitative estimate of drug-likeness (QED) is 0.420. The first-order valence-electron chi connectivity index (χ1n) is 10.9. The van der Waals surface area contributed by atoms with Crippen LogP contribution >= 0.6 is 0 Å². The number of primary amides is 1. The first-order chi connectivity index (χ1) is 14.5. The molecule has 1 aromatic heterocycles. The molecule has 0 saturated carbocycles. The minimum absolute atomic E-state index is 0.227. The average Bonchev–Trinajstić information content (AvgIpc) is 3.31. The Morgan fingerprint density at radius 3 is 2.97 bits per heavy atom. The van der Waals surface area contributed by atoms with E-state index in [4.69, 9.17) is 21.2 Å². The Balaban J connectivity index is 1.66. The topological polar surface area (TPSA) is 130 Å². The van der Waals surface area contributed by atoms with Crippen molar-refractivity contribution in [1.82, 2.24) is 14.9 Å². The number of rotatable bonds is 9. The number of nitrogen functional groups attached to an aromatic ring is 1. The summed E-state index contributed by atoms with van der Waals surface area (Å²) in [5, 5.41) is 3.32. The predicted molar refractivity (Wildman–Crippen MR) is 117 cm³/mol. The van der Waals surface area contributed by atoms with Gasteiger partial charge in [0.05, 0.1) is 12.3 Å². The Morgan fingerprint density at radius 1 is 1.47 bits per heavy atom. The van der Waals surface area contributed by atoms with E-state index in [1.807, 2.05) is 11.5 Å². The largest absolute Gasteiger partial charge is 0.493 e. The third-order valence-electron chi connectivity index (χ3n) is 6.10. The second-order valence-electron chi connectivity index (χ2n) is 8.43. The molecule has 0 bridgehead atoms. The van der Waals surface area contributed by atoms with Crippen molar-refractivity contribution >= 4 is 17.4 Å². The molecule has 8 nitrogen and oxygen atoms in total. The van der Waals surface area contributed by atoms with E-state index < -0.39 is 0 Å². The summed E-state index contributed by atoms with van der Waals surface area (Å²) in [6, 6.07) is 0.444. The van der Waals surface area contributed by atoms with Gasteiger partial charge < -0.3 is 26.1 Å². The lowest BCUT2D eigenvalue weighted by Crippen LogP contribution is -2.18. The van der Waals surface area contributed by atoms with Gasteiger partial charge in [0, 0.05) is 51.4 Å². The van der Waals surface area contributed by atoms with Crippen LogP contribution in [0.15, 0.2) is 28.0 Å². The maximum absolute atomic E-state index is 11.4. The molecule has 2 aliphatic heterocycles. The summed E-state index contributed by atoms with van der Waals surface area (Å²) in [7, 11) is 0. The Hall–Kier alpha value is -2.61. The van der Waals surface area contributed by atoms with E-state index in [0.717, 1.165) is 55.4 Å². The number of aromatic nitrogens is 2. The van der Waals surface area contributed by atoms with Crippen LogP contribution in [0.25, 0.3) is 0 Å². The summed E-state index contributed by atoms with van der Waals surface area (Å²) in [6.07, 6.45) is 5.94. The highest BCUT2D eigenvalue weighted by Crippen LogP contribution is 2.36. The van der Waals surface area contributed by atoms with Gasteiger partial charge in [0.25, 0.3) is 0 Å². The monoisotopic (exact) mass is 412 g/mol. The molecule has 4 rings (SSSR count). The summed E-state index contributed by atoms with van der Waals surface area (Å²) in [6.45, 7) is 7.15. The SMILES string of the molecule is CCN=C(CC1CN1)c1nc(CC2=CC3=C(CCO3)CC2C)n(CCC(N)=O)c1N. The Morgan fingerprint density at radius 2 is 2.27 bits per heavy atom. The second kappa shape index (κ2) is 8.63. The first kappa shape index (κ1) is 20.7. The molecule has 0 aromatic carbocycles. The highest BCUT2D eigenvalue weighted by atomic mass is 16.5. The number of ether oxygens (including phenoxy) is 1. The molecular weight excluding hydrogens is 380 g/mol. The van der Waals surface area contributed by atoms with Crippen molar-refractivity contribution in [3.05, 3.63) is 34.5 Å². The fourth-order valence-electron chi connectivity index (χ4n) is 4.30. The van der Waals surface area contributed by atoms with Crippen molar-refractivity contribution in [2.45, 2.75) is 58.5 Å². The minimum Gasteiger partial charge on any atom is -0.493 e. The number of amides is 1. The van der Waals surface area contributed by atoms with E-state index in [0.29, 0.717) is 37.3 Å². The van der Waals surface area contributed by atoms with E-state index in [1.165, 1.54) is 11.1 Å². The highest BCUT2D eigenvalue weighted by molar-refractivity contribution is 6.03. The molecule has 8 heteroatoms. The molecular formula is C22H32N6O2. The lowest BCUT2D eigenvalue weighted by Gasteiger charge is -2.21. The molecule has 2 unspecified atom stereocenters. The summed E-state index contributed by atoms with van der Waals surface area (Å²) in [5.41, 5.74) is 16.3. The zero-order chi connectivity index (χ0) is 21.3. The van der Waals surface area contributed by atoms with E-state index in [-0.39, 0.29) is 12.3 Å². The molecule has 162 valence electrons. The van der Waals surface area contributed by atoms with E-state index in [2.05, 4.69) is 23.3 Å². The minimum atomic E-state index is -0.348. The molecule has 1 amide bonds. The zero-order valence-corrected chi connectivity index (χ0v) is 17.9. The maximum Gasteiger partial charge on any atom is 0.219 e. The van der Waals surface area contributed by atoms with E-state index in [9.17, 15) is 4.79 Å². The van der Waals surface area contributed by atoms with Gasteiger partial charge in [-0.3, -0.25) is 9.79 Å². The van der Waals surface area contributed by atoms with Crippen LogP contribution in [0.1, 0.15) is 51.0 Å². The molecule has 5 N–H and O–H groups in total. The number of allylic oxidation sites excluding steroid dienone is 2. The van der Waals surface area contributed by atoms with Crippen molar-refractivity contribution < 1.29 is 9.53 Å². The van der Waals surface area contributed by atoms with Crippen molar-refractivity contribution in [2.24, 2.45) is 16.6 Å². The number of carbonyl (C=O) groups is 1. The third kappa shape index (κ3) is 4.43. The number of hydrogen-bond donors (Lipinski definition) is 3. The molecule has 1 aromatic rings. The summed E-state index contributed by atoms with van der Waals surface area (Å²) in [4.78, 5) is 21.0. The van der Waals surface area contributed by atoms with E-state index >= 15 is 0 Å². The smallest absolute Gasteiger partial charge is 0.219 e. The number of nitrogens with zero attached hydrogens (tertiary/aromatic N) is 3. The van der Waals surface area contributed by atoms with Gasteiger partial charge in [0.1, 0.15) is 23.1 Å². The normalized spacial score (nSPS) is 23.3. The summed E-state index contributed by atoms with van der Waals surface area (Å²) >= 11 is 0. The third-order valence-corrected chi connectivity index (χ3v) is 6.10. The van der Waals surface area contributed by atoms with Gasteiger partial charge in [-0.15, -0.1) is 0 Å². The Labute approximate surface area is 177 Å². The Kier molecular flexibility index (Phi) is 5.94. The van der Waals surface area contributed by atoms with Crippen molar-refractivity contribution in [3.8, 4) is 0 Å². The van der Waals surface area contributed by atoms with Crippen LogP contribution in [0.3, 0.4) is 0 Å². The maximum atomic E-state index is 11.4. The zero-order valence-electron chi connectivity index (χ0n) is 17.9. The standard InChI is InChI=1S/C22H32N6O2/c1-3-25-17(11-16-12-26-16)21-22(24)28(6-4-19(23)29)20(27-21)10-15-9-18-14(5-7-30-18)8-13(15)2/h9,13,16,26H,3-8,10-12,24H2,1-2H3,(H2,23,29). The van der Waals surface area contributed by atoms with Crippen LogP contribution in [0.4, 0.5) is 5.82 Å². The van der Waals surface area contributed by atoms with Crippen molar-refractivity contribution in [3.63, 3.8) is 0 Å². The van der Waals surface area contributed by atoms with Crippen molar-refractivity contribution in [1.29, 1.82) is 0 Å². The average molecular weight is 413 g/mol. The van der Waals surface area contributed by atoms with Gasteiger partial charge >= 0.3 is 0 Å². The summed E-state index contributed by atoms with van der Waals surface area (Å²) < 4.78 is 7.74. The molecule has 1 aliphatic carbocycles. The van der Waals surface area contributed by atoms with Crippen LogP contribution in [-0.4, -0.2) is 46.9 Å². The second-order valence-corrected chi connectivity index (χ2v) is 8.43. The lowest BCUT2D eigenvalue weighted by molar-refractivity contribution is -0.118. The molecule has 3 heterocycles. The number of carbonyl (C=O) groups excluding carboxylic acids is 1. The van der Waals surface area contributed by atoms with Gasteiger partial charge in [0.15, 0.2) is 0 Å². The van der Waals surface area contributed by atoms with Gasteiger partial charge in [0.2, 0.25) is 5.91 Å². The molecule has 30 heavy (non-hydrogen) atoms. The van der Waals surface area contributed by atoms with Crippen LogP contribution in [-0.2, 0) is 22.5 Å². The van der Waals surface area contributed by atoms with Crippen LogP contribution in [0, 0.1) is 5.92 Å². The number of nitrogens with two attached hydrogens (primary N) is 2. The lowest BCUT2D eigenvalue weighted by atomic mass is 9.85. The van der Waals surface area contributed by atoms with Gasteiger partial charge in [-0.25, -0.2) is 4.98 Å². The van der Waals surface area contributed by atoms with Crippen LogP contribution in [0.2, 0.25) is 0 Å². The van der Waals surface area contributed by atoms with Crippen molar-refractivity contribution in [2.75, 3.05) is 25.4 Å². The molecule has 1 saturated heterocycles. The number of nitrogens with one attached hydrogen (secondary N) is 1. The molecule has 1 fully saturated rings. The van der Waals surface area contributed by atoms with E-state index in [1.54, 1.807) is 0 Å². The highest BCUT2D eigenvalue weighted by Gasteiger charge is 2.29. The molecule has 3 aliphatic rings. The Bertz CT molecular complexity index is 922. The van der Waals surface area contributed by atoms with Gasteiger partial charge in [-0.2, -0.15) is 0 Å².